The van der Waals surface area contributed by atoms with Crippen molar-refractivity contribution < 1.29 is 4.79 Å². The molecular weight excluding hydrogens is 164 g/mol. The summed E-state index contributed by atoms with van der Waals surface area (Å²) >= 11 is 0. The molecule has 13 heavy (non-hydrogen) atoms. The summed E-state index contributed by atoms with van der Waals surface area (Å²) in [7, 11) is 0. The van der Waals surface area contributed by atoms with E-state index in [1.807, 2.05) is 13.8 Å². The van der Waals surface area contributed by atoms with E-state index in [1.165, 1.54) is 0 Å². The van der Waals surface area contributed by atoms with Gasteiger partial charge in [0.2, 0.25) is 0 Å². The van der Waals surface area contributed by atoms with Crippen molar-refractivity contribution in [2.24, 2.45) is 5.92 Å². The van der Waals surface area contributed by atoms with E-state index in [0.717, 1.165) is 0 Å². The van der Waals surface area contributed by atoms with E-state index >= 15 is 0 Å². The highest BCUT2D eigenvalue weighted by atomic mass is 16.1. The number of carbonyl (C=O) groups excluding carboxylic acids is 1. The second-order valence-electron chi connectivity index (χ2n) is 3.49. The molecule has 0 bridgehead atoms. The first-order chi connectivity index (χ1) is 6.09. The molecule has 0 saturated heterocycles. The molecule has 0 unspecified atom stereocenters. The van der Waals surface area contributed by atoms with Crippen molar-refractivity contribution in [3.05, 3.63) is 23.9 Å². The number of nitrogens with zero attached hydrogens (tertiary/aromatic N) is 1. The van der Waals surface area contributed by atoms with Crippen molar-refractivity contribution in [3.63, 3.8) is 0 Å². The number of carbonyl (C=O) groups is 1. The highest BCUT2D eigenvalue weighted by molar-refractivity contribution is 5.96. The standard InChI is InChI=1S/C10H14N2O/c1-7(2)5-9(13)8-3-4-12-10(11)6-8/h3-4,6-7H,5H2,1-2H3,(H2,11,12). The smallest absolute Gasteiger partial charge is 0.163 e. The van der Waals surface area contributed by atoms with Crippen LogP contribution in [0.15, 0.2) is 18.3 Å². The average Bonchev–Trinajstić information content (AvgIpc) is 2.03. The van der Waals surface area contributed by atoms with Crippen LogP contribution >= 0.6 is 0 Å². The quantitative estimate of drug-likeness (QED) is 0.719. The molecule has 1 heterocycles. The maximum absolute atomic E-state index is 11.5. The van der Waals surface area contributed by atoms with Gasteiger partial charge in [0.1, 0.15) is 5.82 Å². The fourth-order valence-corrected chi connectivity index (χ4v) is 1.11. The van der Waals surface area contributed by atoms with Crippen LogP contribution in [0.1, 0.15) is 30.6 Å². The Kier molecular flexibility index (Phi) is 3.01. The summed E-state index contributed by atoms with van der Waals surface area (Å²) in [6, 6.07) is 3.31. The molecule has 0 aliphatic carbocycles. The van der Waals surface area contributed by atoms with E-state index in [-0.39, 0.29) is 5.78 Å². The summed E-state index contributed by atoms with van der Waals surface area (Å²) in [5.74, 6) is 0.903. The van der Waals surface area contributed by atoms with E-state index in [0.29, 0.717) is 23.7 Å². The van der Waals surface area contributed by atoms with Crippen LogP contribution in [0.25, 0.3) is 0 Å². The van der Waals surface area contributed by atoms with Gasteiger partial charge in [-0.05, 0) is 18.1 Å². The maximum Gasteiger partial charge on any atom is 0.163 e. The molecule has 0 aliphatic rings. The first kappa shape index (κ1) is 9.71. The molecule has 3 nitrogen and oxygen atoms in total. The van der Waals surface area contributed by atoms with Crippen LogP contribution in [0.4, 0.5) is 5.82 Å². The van der Waals surface area contributed by atoms with Crippen LogP contribution in [0.3, 0.4) is 0 Å². The predicted molar refractivity (Wildman–Crippen MR) is 52.4 cm³/mol. The zero-order valence-corrected chi connectivity index (χ0v) is 7.95. The van der Waals surface area contributed by atoms with Crippen molar-refractivity contribution in [2.75, 3.05) is 5.73 Å². The first-order valence-electron chi connectivity index (χ1n) is 4.34. The molecule has 2 N–H and O–H groups in total. The Bertz CT molecular complexity index is 308. The Hall–Kier alpha value is -1.38. The zero-order valence-electron chi connectivity index (χ0n) is 7.95. The van der Waals surface area contributed by atoms with Gasteiger partial charge in [-0.25, -0.2) is 4.98 Å². The molecule has 0 aromatic carbocycles. The van der Waals surface area contributed by atoms with Gasteiger partial charge in [0.05, 0.1) is 0 Å². The highest BCUT2D eigenvalue weighted by Crippen LogP contribution is 2.10. The molecular formula is C10H14N2O. The number of nitrogens with two attached hydrogens (primary N) is 1. The number of hydrogen-bond acceptors (Lipinski definition) is 3. The predicted octanol–water partition coefficient (Wildman–Crippen LogP) is 1.89. The van der Waals surface area contributed by atoms with E-state index in [4.69, 9.17) is 5.73 Å². The molecule has 70 valence electrons. The van der Waals surface area contributed by atoms with E-state index in [2.05, 4.69) is 4.98 Å². The topological polar surface area (TPSA) is 56.0 Å². The minimum Gasteiger partial charge on any atom is -0.384 e. The Morgan fingerprint density at radius 3 is 2.85 bits per heavy atom. The van der Waals surface area contributed by atoms with Crippen molar-refractivity contribution in [1.82, 2.24) is 4.98 Å². The van der Waals surface area contributed by atoms with Gasteiger partial charge in [0, 0.05) is 18.2 Å². The maximum atomic E-state index is 11.5. The Morgan fingerprint density at radius 1 is 1.62 bits per heavy atom. The van der Waals surface area contributed by atoms with E-state index in [9.17, 15) is 4.79 Å². The normalized spacial score (nSPS) is 10.4. The summed E-state index contributed by atoms with van der Waals surface area (Å²) in [5.41, 5.74) is 6.12. The number of aromatic nitrogens is 1. The minimum atomic E-state index is 0.129. The third-order valence-corrected chi connectivity index (χ3v) is 1.70. The SMILES string of the molecule is CC(C)CC(=O)c1ccnc(N)c1. The average molecular weight is 178 g/mol. The van der Waals surface area contributed by atoms with E-state index in [1.54, 1.807) is 18.3 Å². The molecule has 0 aliphatic heterocycles. The monoisotopic (exact) mass is 178 g/mol. The van der Waals surface area contributed by atoms with Crippen molar-refractivity contribution >= 4 is 11.6 Å². The van der Waals surface area contributed by atoms with Crippen LogP contribution in [0, 0.1) is 5.92 Å². The lowest BCUT2D eigenvalue weighted by Gasteiger charge is -2.03. The van der Waals surface area contributed by atoms with Crippen molar-refractivity contribution in [3.8, 4) is 0 Å². The Balaban J connectivity index is 2.77. The highest BCUT2D eigenvalue weighted by Gasteiger charge is 2.07. The summed E-state index contributed by atoms with van der Waals surface area (Å²) in [6.45, 7) is 4.03. The molecule has 0 spiro atoms. The van der Waals surface area contributed by atoms with Crippen molar-refractivity contribution in [1.29, 1.82) is 0 Å². The third kappa shape index (κ3) is 2.86. The number of nitrogen functional groups attached to an aromatic ring is 1. The minimum absolute atomic E-state index is 0.129. The van der Waals surface area contributed by atoms with Crippen LogP contribution in [-0.2, 0) is 0 Å². The summed E-state index contributed by atoms with van der Waals surface area (Å²) in [4.78, 5) is 15.4. The molecule has 1 rings (SSSR count). The summed E-state index contributed by atoms with van der Waals surface area (Å²) in [6.07, 6.45) is 2.12. The second-order valence-corrected chi connectivity index (χ2v) is 3.49. The molecule has 0 amide bonds. The van der Waals surface area contributed by atoms with Gasteiger partial charge in [-0.1, -0.05) is 13.8 Å². The molecule has 0 radical (unpaired) electrons. The molecule has 1 aromatic heterocycles. The Labute approximate surface area is 78.0 Å². The van der Waals surface area contributed by atoms with E-state index < -0.39 is 0 Å². The lowest BCUT2D eigenvalue weighted by molar-refractivity contribution is 0.0968. The third-order valence-electron chi connectivity index (χ3n) is 1.70. The van der Waals surface area contributed by atoms with Crippen LogP contribution < -0.4 is 5.73 Å². The summed E-state index contributed by atoms with van der Waals surface area (Å²) in [5, 5.41) is 0. The van der Waals surface area contributed by atoms with Gasteiger partial charge >= 0.3 is 0 Å². The number of anilines is 1. The fourth-order valence-electron chi connectivity index (χ4n) is 1.11. The Morgan fingerprint density at radius 2 is 2.31 bits per heavy atom. The van der Waals surface area contributed by atoms with Gasteiger partial charge in [-0.2, -0.15) is 0 Å². The number of rotatable bonds is 3. The zero-order chi connectivity index (χ0) is 9.84. The van der Waals surface area contributed by atoms with Gasteiger partial charge in [0.15, 0.2) is 5.78 Å². The van der Waals surface area contributed by atoms with Gasteiger partial charge in [-0.15, -0.1) is 0 Å². The largest absolute Gasteiger partial charge is 0.384 e. The van der Waals surface area contributed by atoms with Crippen LogP contribution in [-0.4, -0.2) is 10.8 Å². The van der Waals surface area contributed by atoms with Gasteiger partial charge in [-0.3, -0.25) is 4.79 Å². The summed E-state index contributed by atoms with van der Waals surface area (Å²) < 4.78 is 0. The molecule has 3 heteroatoms. The molecule has 0 fully saturated rings. The molecule has 0 atom stereocenters. The number of Topliss-reactive ketones (excluding diaryl/α,β-unsaturated/α-hetero) is 1. The van der Waals surface area contributed by atoms with Crippen molar-refractivity contribution in [2.45, 2.75) is 20.3 Å². The number of pyridine rings is 1. The molecule has 1 aromatic rings. The van der Waals surface area contributed by atoms with Crippen LogP contribution in [0.2, 0.25) is 0 Å². The first-order valence-corrected chi connectivity index (χ1v) is 4.34. The number of hydrogen-bond donors (Lipinski definition) is 1. The second kappa shape index (κ2) is 4.03. The van der Waals surface area contributed by atoms with Crippen LogP contribution in [0.5, 0.6) is 0 Å². The molecule has 0 saturated carbocycles. The fraction of sp³-hybridized carbons (Fsp3) is 0.400. The van der Waals surface area contributed by atoms with Gasteiger partial charge in [0.25, 0.3) is 0 Å². The lowest BCUT2D eigenvalue weighted by atomic mass is 10.0. The van der Waals surface area contributed by atoms with Gasteiger partial charge < -0.3 is 5.73 Å². The number of ketones is 1. The lowest BCUT2D eigenvalue weighted by Crippen LogP contribution is -2.04.